The first kappa shape index (κ1) is 9.41. The molecule has 0 saturated carbocycles. The topological polar surface area (TPSA) is 61.2 Å². The summed E-state index contributed by atoms with van der Waals surface area (Å²) in [6.07, 6.45) is 0.172. The second-order valence-corrected chi connectivity index (χ2v) is 3.22. The van der Waals surface area contributed by atoms with Crippen LogP contribution in [0.15, 0.2) is 24.3 Å². The monoisotopic (exact) mass is 201 g/mol. The number of nitrogens with zero attached hydrogens (tertiary/aromatic N) is 2. The highest BCUT2D eigenvalue weighted by Gasteiger charge is 2.34. The van der Waals surface area contributed by atoms with Crippen LogP contribution in [0.2, 0.25) is 0 Å². The van der Waals surface area contributed by atoms with Gasteiger partial charge < -0.3 is 0 Å². The van der Waals surface area contributed by atoms with Crippen LogP contribution < -0.4 is 0 Å². The van der Waals surface area contributed by atoms with E-state index in [4.69, 9.17) is 5.26 Å². The van der Waals surface area contributed by atoms with Crippen molar-refractivity contribution in [3.63, 3.8) is 0 Å². The Morgan fingerprint density at radius 1 is 1.13 bits per heavy atom. The quantitative estimate of drug-likeness (QED) is 0.533. The van der Waals surface area contributed by atoms with E-state index in [9.17, 15) is 9.59 Å². The normalized spacial score (nSPS) is 13.9. The zero-order chi connectivity index (χ0) is 10.8. The highest BCUT2D eigenvalue weighted by molar-refractivity contribution is 6.21. The molecule has 0 saturated heterocycles. The van der Waals surface area contributed by atoms with Gasteiger partial charge in [0, 0.05) is 6.54 Å². The number of fused-ring (bicyclic) bond motifs is 1. The van der Waals surface area contributed by atoms with Crippen molar-refractivity contribution in [1.82, 2.24) is 4.90 Å². The molecule has 0 N–H and O–H groups in total. The molecule has 1 aromatic rings. The largest absolute Gasteiger partial charge is 0.273 e. The van der Waals surface area contributed by atoms with E-state index in [0.29, 0.717) is 11.1 Å². The Balaban J connectivity index is 2.34. The highest BCUT2D eigenvalue weighted by Crippen LogP contribution is 2.22. The van der Waals surface area contributed by atoms with Crippen molar-refractivity contribution in [2.75, 3.05) is 6.54 Å². The number of carbonyl (C=O) groups is 2. The fourth-order valence-corrected chi connectivity index (χ4v) is 1.60. The smallest absolute Gasteiger partial charge is 0.261 e. The summed E-state index contributed by atoms with van der Waals surface area (Å²) in [7, 11) is 0. The summed E-state index contributed by atoms with van der Waals surface area (Å²) in [6, 6.07) is 8.61. The zero-order valence-corrected chi connectivity index (χ0v) is 7.93. The van der Waals surface area contributed by atoms with Gasteiger partial charge in [-0.1, -0.05) is 12.1 Å². The number of amides is 2. The van der Waals surface area contributed by atoms with Gasteiger partial charge in [0.05, 0.1) is 23.6 Å². The minimum absolute atomic E-state index is 0.169. The summed E-state index contributed by atoms with van der Waals surface area (Å²) < 4.78 is 0. The molecule has 1 aromatic carbocycles. The number of imide groups is 1. The maximum Gasteiger partial charge on any atom is 0.261 e. The SMILES string of the molecule is N#CCC[15N]1C(=O)c2ccccc2C1=O. The van der Waals surface area contributed by atoms with Crippen molar-refractivity contribution >= 4 is 11.8 Å². The van der Waals surface area contributed by atoms with Gasteiger partial charge in [0.15, 0.2) is 0 Å². The lowest BCUT2D eigenvalue weighted by atomic mass is 10.1. The van der Waals surface area contributed by atoms with Gasteiger partial charge in [-0.05, 0) is 12.1 Å². The average molecular weight is 201 g/mol. The maximum atomic E-state index is 11.7. The third kappa shape index (κ3) is 1.38. The number of benzene rings is 1. The Bertz CT molecular complexity index is 439. The predicted molar refractivity (Wildman–Crippen MR) is 52.0 cm³/mol. The van der Waals surface area contributed by atoms with Crippen LogP contribution in [0.5, 0.6) is 0 Å². The van der Waals surface area contributed by atoms with Crippen LogP contribution in [0.1, 0.15) is 27.1 Å². The molecule has 1 aliphatic heterocycles. The molecule has 1 aliphatic rings. The van der Waals surface area contributed by atoms with E-state index in [1.165, 1.54) is 0 Å². The van der Waals surface area contributed by atoms with Crippen molar-refractivity contribution in [3.05, 3.63) is 35.4 Å². The van der Waals surface area contributed by atoms with Gasteiger partial charge in [-0.25, -0.2) is 0 Å². The van der Waals surface area contributed by atoms with Gasteiger partial charge in [0.1, 0.15) is 0 Å². The lowest BCUT2D eigenvalue weighted by Crippen LogP contribution is -2.30. The van der Waals surface area contributed by atoms with Crippen molar-refractivity contribution in [2.24, 2.45) is 0 Å². The Hall–Kier alpha value is -2.15. The lowest BCUT2D eigenvalue weighted by Gasteiger charge is -2.10. The second-order valence-electron chi connectivity index (χ2n) is 3.22. The van der Waals surface area contributed by atoms with E-state index >= 15 is 0 Å². The fourth-order valence-electron chi connectivity index (χ4n) is 1.60. The van der Waals surface area contributed by atoms with Crippen LogP contribution in [-0.4, -0.2) is 23.3 Å². The number of hydrogen-bond donors (Lipinski definition) is 0. The van der Waals surface area contributed by atoms with Gasteiger partial charge >= 0.3 is 0 Å². The number of nitriles is 1. The van der Waals surface area contributed by atoms with Crippen molar-refractivity contribution < 1.29 is 9.59 Å². The molecule has 0 unspecified atom stereocenters. The van der Waals surface area contributed by atoms with Gasteiger partial charge in [-0.2, -0.15) is 5.26 Å². The molecule has 74 valence electrons. The molecular formula is C11H8N2O2. The van der Waals surface area contributed by atoms with Crippen LogP contribution in [0, 0.1) is 11.3 Å². The first-order valence-electron chi connectivity index (χ1n) is 4.58. The average Bonchev–Trinajstić information content (AvgIpc) is 2.51. The predicted octanol–water partition coefficient (Wildman–Crippen LogP) is 1.20. The Labute approximate surface area is 86.7 Å². The van der Waals surface area contributed by atoms with Gasteiger partial charge in [-0.15, -0.1) is 0 Å². The summed E-state index contributed by atoms with van der Waals surface area (Å²) in [6.45, 7) is 0.169. The summed E-state index contributed by atoms with van der Waals surface area (Å²) in [4.78, 5) is 24.5. The molecule has 0 atom stereocenters. The summed E-state index contributed by atoms with van der Waals surface area (Å²) in [5.41, 5.74) is 0.862. The summed E-state index contributed by atoms with van der Waals surface area (Å²) in [5.74, 6) is -0.600. The van der Waals surface area contributed by atoms with Crippen LogP contribution in [0.4, 0.5) is 0 Å². The standard InChI is InChI=1S/C11H8N2O2/c12-6-3-7-13-10(14)8-4-1-2-5-9(8)11(13)15/h1-2,4-5H,3,7H2/i13+1. The molecule has 4 nitrogen and oxygen atoms in total. The van der Waals surface area contributed by atoms with E-state index in [0.717, 1.165) is 4.90 Å². The molecule has 4 heteroatoms. The molecule has 0 bridgehead atoms. The number of carbonyl (C=O) groups excluding carboxylic acids is 2. The van der Waals surface area contributed by atoms with E-state index in [-0.39, 0.29) is 24.8 Å². The van der Waals surface area contributed by atoms with Crippen LogP contribution in [0.3, 0.4) is 0 Å². The number of rotatable bonds is 2. The Morgan fingerprint density at radius 2 is 1.67 bits per heavy atom. The first-order chi connectivity index (χ1) is 7.25. The Morgan fingerprint density at radius 3 is 2.13 bits per heavy atom. The van der Waals surface area contributed by atoms with Gasteiger partial charge in [0.2, 0.25) is 0 Å². The molecule has 0 spiro atoms. The van der Waals surface area contributed by atoms with Crippen LogP contribution in [0.25, 0.3) is 0 Å². The Kier molecular flexibility index (Phi) is 2.22. The zero-order valence-electron chi connectivity index (χ0n) is 7.93. The van der Waals surface area contributed by atoms with Crippen molar-refractivity contribution in [1.29, 1.82) is 5.26 Å². The van der Waals surface area contributed by atoms with Crippen LogP contribution in [-0.2, 0) is 0 Å². The minimum Gasteiger partial charge on any atom is -0.273 e. The maximum absolute atomic E-state index is 11.7. The molecule has 2 amide bonds. The lowest BCUT2D eigenvalue weighted by molar-refractivity contribution is 0.0658. The minimum atomic E-state index is -0.300. The molecule has 0 radical (unpaired) electrons. The van der Waals surface area contributed by atoms with E-state index in [1.54, 1.807) is 24.3 Å². The van der Waals surface area contributed by atoms with Crippen molar-refractivity contribution in [3.8, 4) is 6.07 Å². The van der Waals surface area contributed by atoms with Crippen LogP contribution >= 0.6 is 0 Å². The summed E-state index contributed by atoms with van der Waals surface area (Å²) >= 11 is 0. The second kappa shape index (κ2) is 3.54. The molecule has 15 heavy (non-hydrogen) atoms. The van der Waals surface area contributed by atoms with E-state index in [2.05, 4.69) is 0 Å². The van der Waals surface area contributed by atoms with Gasteiger partial charge in [0.25, 0.3) is 11.8 Å². The summed E-state index contributed by atoms with van der Waals surface area (Å²) in [5, 5.41) is 8.42. The fraction of sp³-hybridized carbons (Fsp3) is 0.182. The molecule has 0 aliphatic carbocycles. The first-order valence-corrected chi connectivity index (χ1v) is 4.58. The van der Waals surface area contributed by atoms with E-state index < -0.39 is 0 Å². The highest BCUT2D eigenvalue weighted by atomic mass is 16.3. The third-order valence-corrected chi connectivity index (χ3v) is 2.33. The van der Waals surface area contributed by atoms with Gasteiger partial charge in [-0.3, -0.25) is 14.5 Å². The molecule has 0 aromatic heterocycles. The molecule has 2 rings (SSSR count). The molecule has 1 heterocycles. The van der Waals surface area contributed by atoms with Crippen molar-refractivity contribution in [2.45, 2.75) is 6.42 Å². The molecular weight excluding hydrogens is 193 g/mol. The van der Waals surface area contributed by atoms with E-state index in [1.807, 2.05) is 6.07 Å². The molecule has 0 fully saturated rings. The number of hydrogen-bond acceptors (Lipinski definition) is 3. The third-order valence-electron chi connectivity index (χ3n) is 2.33.